The van der Waals surface area contributed by atoms with Crippen LogP contribution in [0.3, 0.4) is 0 Å². The number of benzene rings is 2. The van der Waals surface area contributed by atoms with Crippen LogP contribution in [0.4, 0.5) is 5.69 Å². The van der Waals surface area contributed by atoms with Crippen LogP contribution in [0.2, 0.25) is 0 Å². The van der Waals surface area contributed by atoms with Gasteiger partial charge in [-0.1, -0.05) is 28.1 Å². The summed E-state index contributed by atoms with van der Waals surface area (Å²) in [6, 6.07) is 11.5. The quantitative estimate of drug-likeness (QED) is 0.470. The second-order valence-electron chi connectivity index (χ2n) is 4.01. The molecule has 0 amide bonds. The molecule has 0 aliphatic heterocycles. The molecule has 0 N–H and O–H groups in total. The molecule has 0 aliphatic rings. The van der Waals surface area contributed by atoms with Gasteiger partial charge in [-0.25, -0.2) is 0 Å². The third kappa shape index (κ3) is 3.96. The van der Waals surface area contributed by atoms with Gasteiger partial charge < -0.3 is 0 Å². The molecule has 0 unspecified atom stereocenters. The predicted molar refractivity (Wildman–Crippen MR) is 82.0 cm³/mol. The second-order valence-corrected chi connectivity index (χ2v) is 6.56. The highest BCUT2D eigenvalue weighted by molar-refractivity contribution is 9.10. The molecule has 0 atom stereocenters. The number of rotatable bonds is 4. The van der Waals surface area contributed by atoms with Crippen molar-refractivity contribution in [3.63, 3.8) is 0 Å². The molecule has 0 fully saturated rings. The molecule has 2 aromatic carbocycles. The predicted octanol–water partition coefficient (Wildman–Crippen LogP) is 3.17. The number of non-ortho nitro benzene ring substituents is 1. The van der Waals surface area contributed by atoms with Crippen molar-refractivity contribution in [1.29, 1.82) is 0 Å². The summed E-state index contributed by atoms with van der Waals surface area (Å²) in [5.74, 6) is 0. The van der Waals surface area contributed by atoms with Crippen molar-refractivity contribution >= 4 is 37.9 Å². The number of hydrogen-bond donors (Lipinski definition) is 0. The van der Waals surface area contributed by atoms with E-state index in [4.69, 9.17) is 0 Å². The summed E-state index contributed by atoms with van der Waals surface area (Å²) in [6.07, 6.45) is 1.23. The van der Waals surface area contributed by atoms with Gasteiger partial charge in [0.1, 0.15) is 0 Å². The van der Waals surface area contributed by atoms with Gasteiger partial charge in [0.15, 0.2) is 0 Å². The van der Waals surface area contributed by atoms with Crippen molar-refractivity contribution in [2.45, 2.75) is 4.90 Å². The van der Waals surface area contributed by atoms with Crippen LogP contribution >= 0.6 is 15.9 Å². The zero-order valence-corrected chi connectivity index (χ0v) is 12.9. The number of hydrogen-bond acceptors (Lipinski definition) is 4. The van der Waals surface area contributed by atoms with E-state index < -0.39 is 14.9 Å². The van der Waals surface area contributed by atoms with Crippen LogP contribution in [0.25, 0.3) is 0 Å². The highest BCUT2D eigenvalue weighted by Gasteiger charge is 2.13. The van der Waals surface area contributed by atoms with E-state index in [1.54, 1.807) is 24.3 Å². The summed E-state index contributed by atoms with van der Waals surface area (Å²) in [4.78, 5) is 9.83. The Morgan fingerprint density at radius 3 is 2.14 bits per heavy atom. The van der Waals surface area contributed by atoms with Crippen LogP contribution in [-0.4, -0.2) is 19.6 Å². The van der Waals surface area contributed by atoms with Gasteiger partial charge in [0.05, 0.1) is 9.82 Å². The largest absolute Gasteiger partial charge is 0.282 e. The molecule has 0 saturated heterocycles. The van der Waals surface area contributed by atoms with E-state index in [-0.39, 0.29) is 10.6 Å². The third-order valence-corrected chi connectivity index (χ3v) is 4.34. The van der Waals surface area contributed by atoms with E-state index in [2.05, 4.69) is 20.3 Å². The molecule has 21 heavy (non-hydrogen) atoms. The first-order valence-electron chi connectivity index (χ1n) is 5.69. The minimum Gasteiger partial charge on any atom is -0.258 e. The fourth-order valence-corrected chi connectivity index (χ4v) is 2.61. The second kappa shape index (κ2) is 6.15. The average Bonchev–Trinajstić information content (AvgIpc) is 2.47. The maximum absolute atomic E-state index is 12.0. The summed E-state index contributed by atoms with van der Waals surface area (Å²) >= 11 is 3.27. The smallest absolute Gasteiger partial charge is 0.258 e. The van der Waals surface area contributed by atoms with Gasteiger partial charge in [-0.3, -0.25) is 10.1 Å². The number of nitrogens with zero attached hydrogens (tertiary/aromatic N) is 2. The average molecular weight is 369 g/mol. The van der Waals surface area contributed by atoms with Crippen molar-refractivity contribution in [3.8, 4) is 0 Å². The minimum absolute atomic E-state index is 0.0959. The van der Waals surface area contributed by atoms with Crippen molar-refractivity contribution < 1.29 is 13.3 Å². The van der Waals surface area contributed by atoms with E-state index in [0.717, 1.165) is 28.7 Å². The Hall–Kier alpha value is -2.06. The van der Waals surface area contributed by atoms with E-state index in [1.807, 2.05) is 0 Å². The molecule has 0 radical (unpaired) electrons. The van der Waals surface area contributed by atoms with Crippen molar-refractivity contribution in [1.82, 2.24) is 0 Å². The lowest BCUT2D eigenvalue weighted by Crippen LogP contribution is -1.98. The van der Waals surface area contributed by atoms with Crippen LogP contribution in [0.1, 0.15) is 5.56 Å². The highest BCUT2D eigenvalue weighted by atomic mass is 79.9. The van der Waals surface area contributed by atoms with Crippen LogP contribution in [0, 0.1) is 10.1 Å². The van der Waals surface area contributed by atoms with Crippen molar-refractivity contribution in [2.24, 2.45) is 4.40 Å². The number of halogens is 1. The summed E-state index contributed by atoms with van der Waals surface area (Å²) < 4.78 is 28.4. The Balaban J connectivity index is 2.25. The number of nitro benzene ring substituents is 1. The van der Waals surface area contributed by atoms with E-state index in [0.29, 0.717) is 5.56 Å². The minimum atomic E-state index is -3.88. The first-order valence-corrected chi connectivity index (χ1v) is 7.92. The highest BCUT2D eigenvalue weighted by Crippen LogP contribution is 2.17. The molecule has 2 rings (SSSR count). The molecule has 0 aliphatic carbocycles. The van der Waals surface area contributed by atoms with E-state index >= 15 is 0 Å². The molecular formula is C13H9BrN2O4S. The molecule has 0 aromatic heterocycles. The van der Waals surface area contributed by atoms with Gasteiger partial charge in [-0.05, 0) is 29.8 Å². The lowest BCUT2D eigenvalue weighted by Gasteiger charge is -1.98. The normalized spacial score (nSPS) is 11.7. The third-order valence-electron chi connectivity index (χ3n) is 2.56. The molecular weight excluding hydrogens is 360 g/mol. The lowest BCUT2D eigenvalue weighted by atomic mass is 10.2. The maximum atomic E-state index is 12.0. The molecule has 108 valence electrons. The van der Waals surface area contributed by atoms with E-state index in [1.165, 1.54) is 6.21 Å². The zero-order chi connectivity index (χ0) is 15.5. The van der Waals surface area contributed by atoms with Gasteiger partial charge in [-0.15, -0.1) is 0 Å². The number of sulfonamides is 1. The summed E-state index contributed by atoms with van der Waals surface area (Å²) in [5, 5.41) is 10.5. The SMILES string of the molecule is O=[N+]([O-])c1ccc(S(=O)(=O)N=Cc2ccc(Br)cc2)cc1. The van der Waals surface area contributed by atoms with Crippen LogP contribution in [-0.2, 0) is 10.0 Å². The standard InChI is InChI=1S/C13H9BrN2O4S/c14-11-3-1-10(2-4-11)9-15-21(19,20)13-7-5-12(6-8-13)16(17)18/h1-9H. The summed E-state index contributed by atoms with van der Waals surface area (Å²) in [6.45, 7) is 0. The van der Waals surface area contributed by atoms with Gasteiger partial charge in [0, 0.05) is 22.8 Å². The van der Waals surface area contributed by atoms with Crippen molar-refractivity contribution in [3.05, 3.63) is 68.7 Å². The van der Waals surface area contributed by atoms with Crippen LogP contribution < -0.4 is 0 Å². The zero-order valence-electron chi connectivity index (χ0n) is 10.5. The monoisotopic (exact) mass is 368 g/mol. The molecule has 8 heteroatoms. The lowest BCUT2D eigenvalue weighted by molar-refractivity contribution is -0.384. The maximum Gasteiger partial charge on any atom is 0.282 e. The Labute approximate surface area is 129 Å². The summed E-state index contributed by atoms with van der Waals surface area (Å²) in [7, 11) is -3.88. The molecule has 0 spiro atoms. The van der Waals surface area contributed by atoms with Gasteiger partial charge >= 0.3 is 0 Å². The van der Waals surface area contributed by atoms with E-state index in [9.17, 15) is 18.5 Å². The first-order chi connectivity index (χ1) is 9.88. The van der Waals surface area contributed by atoms with Crippen molar-refractivity contribution in [2.75, 3.05) is 0 Å². The molecule has 2 aromatic rings. The van der Waals surface area contributed by atoms with Gasteiger partial charge in [-0.2, -0.15) is 12.8 Å². The molecule has 0 saturated carbocycles. The van der Waals surface area contributed by atoms with Gasteiger partial charge in [0.2, 0.25) is 0 Å². The Morgan fingerprint density at radius 2 is 1.62 bits per heavy atom. The molecule has 0 bridgehead atoms. The Morgan fingerprint density at radius 1 is 1.05 bits per heavy atom. The first kappa shape index (κ1) is 15.3. The molecule has 6 nitrogen and oxygen atoms in total. The van der Waals surface area contributed by atoms with Crippen LogP contribution in [0.5, 0.6) is 0 Å². The fraction of sp³-hybridized carbons (Fsp3) is 0. The fourth-order valence-electron chi connectivity index (χ4n) is 1.48. The molecule has 0 heterocycles. The van der Waals surface area contributed by atoms with Gasteiger partial charge in [0.25, 0.3) is 15.7 Å². The summed E-state index contributed by atoms with van der Waals surface area (Å²) in [5.41, 5.74) is 0.453. The van der Waals surface area contributed by atoms with Crippen LogP contribution in [0.15, 0.2) is 62.3 Å². The number of nitro groups is 1. The topological polar surface area (TPSA) is 89.6 Å². The Bertz CT molecular complexity index is 784. The Kier molecular flexibility index (Phi) is 4.49.